The third-order valence-corrected chi connectivity index (χ3v) is 3.95. The number of ether oxygens (including phenoxy) is 2. The summed E-state index contributed by atoms with van der Waals surface area (Å²) in [5.41, 5.74) is 1.54. The molecule has 0 bridgehead atoms. The van der Waals surface area contributed by atoms with Gasteiger partial charge in [0, 0.05) is 17.0 Å². The highest BCUT2D eigenvalue weighted by Gasteiger charge is 2.07. The van der Waals surface area contributed by atoms with E-state index >= 15 is 0 Å². The summed E-state index contributed by atoms with van der Waals surface area (Å²) in [6, 6.07) is 13.2. The molecule has 23 heavy (non-hydrogen) atoms. The van der Waals surface area contributed by atoms with Gasteiger partial charge in [-0.25, -0.2) is 0 Å². The minimum absolute atomic E-state index is 0.231. The van der Waals surface area contributed by atoms with Crippen molar-refractivity contribution < 1.29 is 14.3 Å². The third kappa shape index (κ3) is 4.79. The van der Waals surface area contributed by atoms with Gasteiger partial charge in [-0.1, -0.05) is 12.1 Å². The SMILES string of the molecule is COc1ccc(OC)c(NC(=O)/C=C/c2ccc(SC)cc2)c1. The maximum atomic E-state index is 12.1. The molecule has 0 unspecified atom stereocenters. The number of methoxy groups -OCH3 is 2. The number of amides is 1. The second kappa shape index (κ2) is 8.29. The van der Waals surface area contributed by atoms with Crippen molar-refractivity contribution in [3.63, 3.8) is 0 Å². The lowest BCUT2D eigenvalue weighted by molar-refractivity contribution is -0.111. The predicted octanol–water partition coefficient (Wildman–Crippen LogP) is 4.08. The first-order valence-corrected chi connectivity index (χ1v) is 8.24. The van der Waals surface area contributed by atoms with E-state index in [1.54, 1.807) is 50.3 Å². The number of hydrogen-bond donors (Lipinski definition) is 1. The molecule has 120 valence electrons. The summed E-state index contributed by atoms with van der Waals surface area (Å²) in [5, 5.41) is 2.79. The molecular weight excluding hydrogens is 310 g/mol. The molecule has 2 rings (SSSR count). The van der Waals surface area contributed by atoms with Gasteiger partial charge in [0.2, 0.25) is 5.91 Å². The van der Waals surface area contributed by atoms with E-state index in [0.717, 1.165) is 5.56 Å². The number of carbonyl (C=O) groups excluding carboxylic acids is 1. The van der Waals surface area contributed by atoms with Gasteiger partial charge in [-0.15, -0.1) is 11.8 Å². The van der Waals surface area contributed by atoms with Gasteiger partial charge in [-0.05, 0) is 42.2 Å². The van der Waals surface area contributed by atoms with Crippen LogP contribution in [-0.4, -0.2) is 26.4 Å². The van der Waals surface area contributed by atoms with E-state index in [0.29, 0.717) is 17.2 Å². The molecule has 0 aromatic heterocycles. The van der Waals surface area contributed by atoms with Crippen LogP contribution in [0.1, 0.15) is 5.56 Å². The first-order chi connectivity index (χ1) is 11.2. The summed E-state index contributed by atoms with van der Waals surface area (Å²) >= 11 is 1.68. The van der Waals surface area contributed by atoms with Crippen molar-refractivity contribution in [2.45, 2.75) is 4.90 Å². The van der Waals surface area contributed by atoms with Crippen LogP contribution in [0.5, 0.6) is 11.5 Å². The number of nitrogens with one attached hydrogen (secondary N) is 1. The van der Waals surface area contributed by atoms with Gasteiger partial charge >= 0.3 is 0 Å². The van der Waals surface area contributed by atoms with E-state index in [1.165, 1.54) is 11.0 Å². The quantitative estimate of drug-likeness (QED) is 0.641. The number of hydrogen-bond acceptors (Lipinski definition) is 4. The zero-order valence-corrected chi connectivity index (χ0v) is 14.1. The number of thioether (sulfide) groups is 1. The molecule has 0 saturated heterocycles. The minimum Gasteiger partial charge on any atom is -0.497 e. The Hall–Kier alpha value is -2.40. The van der Waals surface area contributed by atoms with E-state index in [1.807, 2.05) is 30.5 Å². The maximum absolute atomic E-state index is 12.1. The smallest absolute Gasteiger partial charge is 0.248 e. The van der Waals surface area contributed by atoms with Crippen LogP contribution in [-0.2, 0) is 4.79 Å². The van der Waals surface area contributed by atoms with E-state index in [2.05, 4.69) is 5.32 Å². The normalized spacial score (nSPS) is 10.6. The Bertz CT molecular complexity index is 696. The van der Waals surface area contributed by atoms with Crippen molar-refractivity contribution in [3.8, 4) is 11.5 Å². The first-order valence-electron chi connectivity index (χ1n) is 7.01. The Labute approximate surface area is 140 Å². The van der Waals surface area contributed by atoms with E-state index < -0.39 is 0 Å². The monoisotopic (exact) mass is 329 g/mol. The zero-order chi connectivity index (χ0) is 16.7. The summed E-state index contributed by atoms with van der Waals surface area (Å²) < 4.78 is 10.4. The van der Waals surface area contributed by atoms with Crippen molar-refractivity contribution >= 4 is 29.4 Å². The molecule has 4 nitrogen and oxygen atoms in total. The van der Waals surface area contributed by atoms with Gasteiger partial charge in [-0.2, -0.15) is 0 Å². The molecule has 5 heteroatoms. The largest absolute Gasteiger partial charge is 0.497 e. The Morgan fingerprint density at radius 3 is 2.43 bits per heavy atom. The Balaban J connectivity index is 2.07. The third-order valence-electron chi connectivity index (χ3n) is 3.21. The highest BCUT2D eigenvalue weighted by Crippen LogP contribution is 2.28. The first kappa shape index (κ1) is 17.0. The van der Waals surface area contributed by atoms with Crippen LogP contribution in [0.15, 0.2) is 53.4 Å². The summed E-state index contributed by atoms with van der Waals surface area (Å²) in [6.07, 6.45) is 5.29. The van der Waals surface area contributed by atoms with Gasteiger partial charge in [-0.3, -0.25) is 4.79 Å². The molecule has 0 aliphatic rings. The molecule has 0 heterocycles. The van der Waals surface area contributed by atoms with Crippen LogP contribution >= 0.6 is 11.8 Å². The fourth-order valence-corrected chi connectivity index (χ4v) is 2.38. The molecule has 2 aromatic carbocycles. The number of benzene rings is 2. The van der Waals surface area contributed by atoms with Crippen LogP contribution in [0, 0.1) is 0 Å². The standard InChI is InChI=1S/C18H19NO3S/c1-21-14-7-10-17(22-2)16(12-14)19-18(20)11-6-13-4-8-15(23-3)9-5-13/h4-12H,1-3H3,(H,19,20)/b11-6+. The van der Waals surface area contributed by atoms with Gasteiger partial charge in [0.25, 0.3) is 0 Å². The molecule has 0 atom stereocenters. The van der Waals surface area contributed by atoms with Crippen LogP contribution in [0.3, 0.4) is 0 Å². The zero-order valence-electron chi connectivity index (χ0n) is 13.3. The van der Waals surface area contributed by atoms with Gasteiger partial charge in [0.1, 0.15) is 11.5 Å². The molecule has 2 aromatic rings. The molecule has 0 radical (unpaired) electrons. The number of anilines is 1. The molecule has 0 fully saturated rings. The van der Waals surface area contributed by atoms with Gasteiger partial charge < -0.3 is 14.8 Å². The van der Waals surface area contributed by atoms with Crippen LogP contribution in [0.4, 0.5) is 5.69 Å². The molecule has 0 saturated carbocycles. The molecule has 0 spiro atoms. The van der Waals surface area contributed by atoms with Crippen LogP contribution in [0.25, 0.3) is 6.08 Å². The van der Waals surface area contributed by atoms with Crippen molar-refractivity contribution in [1.29, 1.82) is 0 Å². The van der Waals surface area contributed by atoms with Crippen molar-refractivity contribution in [1.82, 2.24) is 0 Å². The molecule has 0 aliphatic heterocycles. The highest BCUT2D eigenvalue weighted by atomic mass is 32.2. The average Bonchev–Trinajstić information content (AvgIpc) is 2.60. The topological polar surface area (TPSA) is 47.6 Å². The summed E-state index contributed by atoms with van der Waals surface area (Å²) in [7, 11) is 3.13. The molecule has 1 amide bonds. The fourth-order valence-electron chi connectivity index (χ4n) is 1.97. The highest BCUT2D eigenvalue weighted by molar-refractivity contribution is 7.98. The van der Waals surface area contributed by atoms with Crippen LogP contribution in [0.2, 0.25) is 0 Å². The lowest BCUT2D eigenvalue weighted by Crippen LogP contribution is -2.09. The van der Waals surface area contributed by atoms with Gasteiger partial charge in [0.15, 0.2) is 0 Å². The molecular formula is C18H19NO3S. The van der Waals surface area contributed by atoms with Crippen molar-refractivity contribution in [2.24, 2.45) is 0 Å². The fraction of sp³-hybridized carbons (Fsp3) is 0.167. The average molecular weight is 329 g/mol. The summed E-state index contributed by atoms with van der Waals surface area (Å²) in [6.45, 7) is 0. The lowest BCUT2D eigenvalue weighted by Gasteiger charge is -2.10. The Morgan fingerprint density at radius 1 is 1.09 bits per heavy atom. The molecule has 1 N–H and O–H groups in total. The number of carbonyl (C=O) groups is 1. The predicted molar refractivity (Wildman–Crippen MR) is 95.4 cm³/mol. The second-order valence-electron chi connectivity index (χ2n) is 4.66. The Morgan fingerprint density at radius 2 is 1.83 bits per heavy atom. The summed E-state index contributed by atoms with van der Waals surface area (Å²) in [4.78, 5) is 13.3. The van der Waals surface area contributed by atoms with E-state index in [9.17, 15) is 4.79 Å². The van der Waals surface area contributed by atoms with E-state index in [4.69, 9.17) is 9.47 Å². The Kier molecular flexibility index (Phi) is 6.11. The van der Waals surface area contributed by atoms with Crippen molar-refractivity contribution in [2.75, 3.05) is 25.8 Å². The minimum atomic E-state index is -0.231. The molecule has 0 aliphatic carbocycles. The second-order valence-corrected chi connectivity index (χ2v) is 5.54. The number of rotatable bonds is 6. The van der Waals surface area contributed by atoms with Crippen LogP contribution < -0.4 is 14.8 Å². The maximum Gasteiger partial charge on any atom is 0.248 e. The van der Waals surface area contributed by atoms with E-state index in [-0.39, 0.29) is 5.91 Å². The summed E-state index contributed by atoms with van der Waals surface area (Å²) in [5.74, 6) is 1.00. The lowest BCUT2D eigenvalue weighted by atomic mass is 10.2. The van der Waals surface area contributed by atoms with Gasteiger partial charge in [0.05, 0.1) is 19.9 Å². The van der Waals surface area contributed by atoms with Crippen molar-refractivity contribution in [3.05, 3.63) is 54.1 Å².